The van der Waals surface area contributed by atoms with Crippen molar-refractivity contribution in [2.24, 2.45) is 5.73 Å². The average Bonchev–Trinajstić information content (AvgIpc) is 2.48. The van der Waals surface area contributed by atoms with E-state index in [1.54, 1.807) is 0 Å². The second-order valence-corrected chi connectivity index (χ2v) is 6.06. The first-order valence-electron chi connectivity index (χ1n) is 7.45. The van der Waals surface area contributed by atoms with Crippen molar-refractivity contribution in [3.8, 4) is 0 Å². The Labute approximate surface area is 127 Å². The summed E-state index contributed by atoms with van der Waals surface area (Å²) in [6, 6.07) is 14.5. The number of aliphatic hydroxyl groups excluding tert-OH is 1. The molecule has 21 heavy (non-hydrogen) atoms. The molecule has 0 bridgehead atoms. The number of rotatable bonds is 5. The topological polar surface area (TPSA) is 46.2 Å². The lowest BCUT2D eigenvalue weighted by molar-refractivity contribution is 0.196. The molecule has 2 nitrogen and oxygen atoms in total. The molecule has 0 saturated heterocycles. The molecule has 2 aromatic rings. The van der Waals surface area contributed by atoms with Gasteiger partial charge >= 0.3 is 0 Å². The Balaban J connectivity index is 2.47. The minimum absolute atomic E-state index is 0.0558. The van der Waals surface area contributed by atoms with Crippen molar-refractivity contribution in [1.82, 2.24) is 0 Å². The first kappa shape index (κ1) is 15.7. The molecule has 0 aliphatic rings. The minimum atomic E-state index is -0.411. The van der Waals surface area contributed by atoms with E-state index in [1.165, 1.54) is 22.3 Å². The molecule has 0 aromatic heterocycles. The SMILES string of the molecule is Cc1cc(C)c(CC(CN)(CO)c2ccccc2)c(C)c1. The molecule has 2 heteroatoms. The van der Waals surface area contributed by atoms with Crippen LogP contribution in [-0.4, -0.2) is 18.3 Å². The van der Waals surface area contributed by atoms with Crippen LogP contribution < -0.4 is 5.73 Å². The molecule has 0 saturated carbocycles. The Bertz CT molecular complexity index is 577. The normalized spacial score (nSPS) is 14.0. The van der Waals surface area contributed by atoms with Crippen molar-refractivity contribution in [2.75, 3.05) is 13.2 Å². The summed E-state index contributed by atoms with van der Waals surface area (Å²) in [6.07, 6.45) is 0.766. The van der Waals surface area contributed by atoms with Crippen LogP contribution in [0.1, 0.15) is 27.8 Å². The van der Waals surface area contributed by atoms with E-state index in [4.69, 9.17) is 5.73 Å². The molecule has 0 heterocycles. The third-order valence-electron chi connectivity index (χ3n) is 4.44. The Hall–Kier alpha value is -1.64. The van der Waals surface area contributed by atoms with Crippen molar-refractivity contribution in [3.63, 3.8) is 0 Å². The molecule has 0 spiro atoms. The molecule has 2 aromatic carbocycles. The van der Waals surface area contributed by atoms with E-state index in [0.717, 1.165) is 12.0 Å². The molecule has 0 radical (unpaired) electrons. The molecular weight excluding hydrogens is 258 g/mol. The van der Waals surface area contributed by atoms with E-state index in [1.807, 2.05) is 18.2 Å². The highest BCUT2D eigenvalue weighted by Crippen LogP contribution is 2.30. The Kier molecular flexibility index (Phi) is 4.81. The number of aliphatic hydroxyl groups is 1. The maximum absolute atomic E-state index is 10.0. The van der Waals surface area contributed by atoms with Gasteiger partial charge in [0.1, 0.15) is 0 Å². The summed E-state index contributed by atoms with van der Waals surface area (Å²) >= 11 is 0. The van der Waals surface area contributed by atoms with Crippen LogP contribution >= 0.6 is 0 Å². The van der Waals surface area contributed by atoms with Crippen LogP contribution in [0.3, 0.4) is 0 Å². The van der Waals surface area contributed by atoms with Crippen LogP contribution in [-0.2, 0) is 11.8 Å². The lowest BCUT2D eigenvalue weighted by Crippen LogP contribution is -2.41. The van der Waals surface area contributed by atoms with Gasteiger partial charge in [0, 0.05) is 12.0 Å². The zero-order valence-corrected chi connectivity index (χ0v) is 13.2. The first-order chi connectivity index (χ1) is 10.0. The molecule has 0 amide bonds. The molecule has 0 fully saturated rings. The highest BCUT2D eigenvalue weighted by atomic mass is 16.3. The molecule has 1 atom stereocenters. The smallest absolute Gasteiger partial charge is 0.0543 e. The second-order valence-electron chi connectivity index (χ2n) is 6.06. The molecule has 3 N–H and O–H groups in total. The monoisotopic (exact) mass is 283 g/mol. The molecule has 0 aliphatic carbocycles. The quantitative estimate of drug-likeness (QED) is 0.886. The van der Waals surface area contributed by atoms with Crippen LogP contribution in [0, 0.1) is 20.8 Å². The van der Waals surface area contributed by atoms with Gasteiger partial charge in [0.25, 0.3) is 0 Å². The van der Waals surface area contributed by atoms with E-state index < -0.39 is 5.41 Å². The fraction of sp³-hybridized carbons (Fsp3) is 0.368. The van der Waals surface area contributed by atoms with Crippen molar-refractivity contribution in [1.29, 1.82) is 0 Å². The highest BCUT2D eigenvalue weighted by molar-refractivity contribution is 5.41. The van der Waals surface area contributed by atoms with Crippen molar-refractivity contribution in [3.05, 3.63) is 70.3 Å². The zero-order valence-electron chi connectivity index (χ0n) is 13.2. The van der Waals surface area contributed by atoms with Gasteiger partial charge in [-0.05, 0) is 49.4 Å². The van der Waals surface area contributed by atoms with E-state index in [-0.39, 0.29) is 6.61 Å². The van der Waals surface area contributed by atoms with Crippen molar-refractivity contribution in [2.45, 2.75) is 32.6 Å². The minimum Gasteiger partial charge on any atom is -0.395 e. The molecule has 1 unspecified atom stereocenters. The summed E-state index contributed by atoms with van der Waals surface area (Å²) in [7, 11) is 0. The maximum Gasteiger partial charge on any atom is 0.0543 e. The molecule has 112 valence electrons. The van der Waals surface area contributed by atoms with E-state index in [0.29, 0.717) is 6.54 Å². The van der Waals surface area contributed by atoms with Gasteiger partial charge in [0.05, 0.1) is 6.61 Å². The lowest BCUT2D eigenvalue weighted by atomic mass is 9.74. The van der Waals surface area contributed by atoms with Gasteiger partial charge in [0.15, 0.2) is 0 Å². The molecule has 2 rings (SSSR count). The van der Waals surface area contributed by atoms with E-state index in [9.17, 15) is 5.11 Å². The van der Waals surface area contributed by atoms with Crippen molar-refractivity contribution < 1.29 is 5.11 Å². The predicted octanol–water partition coefficient (Wildman–Crippen LogP) is 3.04. The second kappa shape index (κ2) is 6.42. The average molecular weight is 283 g/mol. The maximum atomic E-state index is 10.0. The number of aryl methyl sites for hydroxylation is 3. The van der Waals surface area contributed by atoms with Gasteiger partial charge in [-0.3, -0.25) is 0 Å². The summed E-state index contributed by atoms with van der Waals surface area (Å²) in [5.41, 5.74) is 11.9. The van der Waals surface area contributed by atoms with Crippen LogP contribution in [0.15, 0.2) is 42.5 Å². The van der Waals surface area contributed by atoms with Crippen LogP contribution in [0.5, 0.6) is 0 Å². The van der Waals surface area contributed by atoms with Gasteiger partial charge in [-0.2, -0.15) is 0 Å². The summed E-state index contributed by atoms with van der Waals surface area (Å²) in [4.78, 5) is 0. The Morgan fingerprint density at radius 2 is 1.57 bits per heavy atom. The number of benzene rings is 2. The first-order valence-corrected chi connectivity index (χ1v) is 7.45. The third-order valence-corrected chi connectivity index (χ3v) is 4.44. The number of hydrogen-bond acceptors (Lipinski definition) is 2. The van der Waals surface area contributed by atoms with Gasteiger partial charge in [-0.15, -0.1) is 0 Å². The predicted molar refractivity (Wildman–Crippen MR) is 88.6 cm³/mol. The summed E-state index contributed by atoms with van der Waals surface area (Å²) in [5.74, 6) is 0. The van der Waals surface area contributed by atoms with Gasteiger partial charge in [-0.1, -0.05) is 48.0 Å². The van der Waals surface area contributed by atoms with Gasteiger partial charge in [0.2, 0.25) is 0 Å². The van der Waals surface area contributed by atoms with Gasteiger partial charge in [-0.25, -0.2) is 0 Å². The summed E-state index contributed by atoms with van der Waals surface area (Å²) in [5, 5.41) is 10.0. The van der Waals surface area contributed by atoms with E-state index >= 15 is 0 Å². The van der Waals surface area contributed by atoms with Gasteiger partial charge < -0.3 is 10.8 Å². The standard InChI is InChI=1S/C19H25NO/c1-14-9-15(2)18(16(3)10-14)11-19(12-20,13-21)17-7-5-4-6-8-17/h4-10,21H,11-13,20H2,1-3H3. The third kappa shape index (κ3) is 3.17. The van der Waals surface area contributed by atoms with Crippen LogP contribution in [0.25, 0.3) is 0 Å². The highest BCUT2D eigenvalue weighted by Gasteiger charge is 2.31. The fourth-order valence-electron chi connectivity index (χ4n) is 3.12. The molecular formula is C19H25NO. The summed E-state index contributed by atoms with van der Waals surface area (Å²) in [6.45, 7) is 6.88. The van der Waals surface area contributed by atoms with Crippen LogP contribution in [0.4, 0.5) is 0 Å². The largest absolute Gasteiger partial charge is 0.395 e. The number of nitrogens with two attached hydrogens (primary N) is 1. The zero-order chi connectivity index (χ0) is 15.5. The summed E-state index contributed by atoms with van der Waals surface area (Å²) < 4.78 is 0. The Morgan fingerprint density at radius 3 is 2.05 bits per heavy atom. The van der Waals surface area contributed by atoms with E-state index in [2.05, 4.69) is 45.0 Å². The van der Waals surface area contributed by atoms with Crippen molar-refractivity contribution >= 4 is 0 Å². The van der Waals surface area contributed by atoms with Crippen LogP contribution in [0.2, 0.25) is 0 Å². The lowest BCUT2D eigenvalue weighted by Gasteiger charge is -2.32. The molecule has 0 aliphatic heterocycles. The number of hydrogen-bond donors (Lipinski definition) is 2. The fourth-order valence-corrected chi connectivity index (χ4v) is 3.12. The Morgan fingerprint density at radius 1 is 1.00 bits per heavy atom.